The number of ether oxygens (including phenoxy) is 1. The van der Waals surface area contributed by atoms with Crippen molar-refractivity contribution in [3.8, 4) is 0 Å². The Morgan fingerprint density at radius 1 is 1.04 bits per heavy atom. The first kappa shape index (κ1) is 22.0. The third-order valence-electron chi connectivity index (χ3n) is 3.47. The van der Waals surface area contributed by atoms with Crippen LogP contribution in [0.15, 0.2) is 53.4 Å². The molecular formula is C17H16Cl2N2O6S. The summed E-state index contributed by atoms with van der Waals surface area (Å²) in [6, 6.07) is 11.3. The second-order valence-corrected chi connectivity index (χ2v) is 8.02. The van der Waals surface area contributed by atoms with Gasteiger partial charge in [-0.25, -0.2) is 22.7 Å². The van der Waals surface area contributed by atoms with E-state index in [2.05, 4.69) is 10.0 Å². The van der Waals surface area contributed by atoms with Crippen molar-refractivity contribution in [3.05, 3.63) is 64.1 Å². The van der Waals surface area contributed by atoms with E-state index < -0.39 is 34.7 Å². The van der Waals surface area contributed by atoms with Crippen LogP contribution in [0.3, 0.4) is 0 Å². The Balaban J connectivity index is 1.99. The number of carbonyl (C=O) groups is 2. The van der Waals surface area contributed by atoms with Gasteiger partial charge in [0, 0.05) is 6.54 Å². The summed E-state index contributed by atoms with van der Waals surface area (Å²) in [5, 5.41) is 11.1. The maximum Gasteiger partial charge on any atom is 0.408 e. The maximum atomic E-state index is 12.4. The number of benzene rings is 2. The molecule has 150 valence electrons. The molecule has 0 saturated carbocycles. The monoisotopic (exact) mass is 446 g/mol. The number of hydrogen-bond acceptors (Lipinski definition) is 5. The number of carboxylic acid groups (broad SMARTS) is 1. The van der Waals surface area contributed by atoms with E-state index in [1.165, 1.54) is 18.2 Å². The number of halogens is 2. The number of alkyl carbamates (subject to hydrolysis) is 1. The predicted octanol–water partition coefficient (Wildman–Crippen LogP) is 2.65. The molecule has 11 heteroatoms. The quantitative estimate of drug-likeness (QED) is 0.572. The summed E-state index contributed by atoms with van der Waals surface area (Å²) < 4.78 is 31.8. The van der Waals surface area contributed by atoms with Gasteiger partial charge in [-0.3, -0.25) is 0 Å². The molecule has 3 N–H and O–H groups in total. The summed E-state index contributed by atoms with van der Waals surface area (Å²) >= 11 is 11.7. The Kier molecular flexibility index (Phi) is 7.64. The van der Waals surface area contributed by atoms with Gasteiger partial charge in [-0.1, -0.05) is 59.6 Å². The summed E-state index contributed by atoms with van der Waals surface area (Å²) in [5.74, 6) is -1.45. The molecule has 0 aliphatic rings. The van der Waals surface area contributed by atoms with Crippen LogP contribution in [-0.4, -0.2) is 38.2 Å². The highest BCUT2D eigenvalue weighted by molar-refractivity contribution is 7.89. The van der Waals surface area contributed by atoms with Crippen LogP contribution in [0.5, 0.6) is 0 Å². The van der Waals surface area contributed by atoms with Gasteiger partial charge in [0.05, 0.1) is 10.0 Å². The highest BCUT2D eigenvalue weighted by Crippen LogP contribution is 2.28. The van der Waals surface area contributed by atoms with Crippen LogP contribution < -0.4 is 10.0 Å². The molecule has 0 aliphatic heterocycles. The van der Waals surface area contributed by atoms with Gasteiger partial charge in [0.1, 0.15) is 17.5 Å². The molecule has 1 atom stereocenters. The number of carbonyl (C=O) groups excluding carboxylic acids is 1. The average Bonchev–Trinajstić information content (AvgIpc) is 2.63. The zero-order chi connectivity index (χ0) is 20.7. The van der Waals surface area contributed by atoms with Crippen LogP contribution in [0.25, 0.3) is 0 Å². The maximum absolute atomic E-state index is 12.4. The molecule has 0 aromatic heterocycles. The first-order valence-electron chi connectivity index (χ1n) is 7.84. The Morgan fingerprint density at radius 2 is 1.64 bits per heavy atom. The third-order valence-corrected chi connectivity index (χ3v) is 5.85. The summed E-state index contributed by atoms with van der Waals surface area (Å²) in [4.78, 5) is 22.8. The van der Waals surface area contributed by atoms with E-state index in [9.17, 15) is 23.1 Å². The van der Waals surface area contributed by atoms with Crippen molar-refractivity contribution < 1.29 is 27.9 Å². The minimum atomic E-state index is -4.21. The van der Waals surface area contributed by atoms with Crippen LogP contribution in [-0.2, 0) is 26.2 Å². The molecule has 1 amide bonds. The minimum absolute atomic E-state index is 0.0695. The lowest BCUT2D eigenvalue weighted by molar-refractivity contribution is -0.139. The molecule has 2 aromatic carbocycles. The second kappa shape index (κ2) is 9.74. The lowest BCUT2D eigenvalue weighted by Crippen LogP contribution is -2.48. The minimum Gasteiger partial charge on any atom is -0.480 e. The van der Waals surface area contributed by atoms with E-state index in [1.807, 2.05) is 0 Å². The molecular weight excluding hydrogens is 431 g/mol. The van der Waals surface area contributed by atoms with Gasteiger partial charge < -0.3 is 15.2 Å². The molecule has 1 unspecified atom stereocenters. The predicted molar refractivity (Wildman–Crippen MR) is 103 cm³/mol. The summed E-state index contributed by atoms with van der Waals surface area (Å²) in [6.45, 7) is -0.709. The largest absolute Gasteiger partial charge is 0.480 e. The first-order valence-corrected chi connectivity index (χ1v) is 10.1. The van der Waals surface area contributed by atoms with E-state index in [0.29, 0.717) is 5.56 Å². The lowest BCUT2D eigenvalue weighted by atomic mass is 10.2. The van der Waals surface area contributed by atoms with Crippen molar-refractivity contribution in [1.29, 1.82) is 0 Å². The number of nitrogens with one attached hydrogen (secondary N) is 2. The number of amides is 1. The van der Waals surface area contributed by atoms with E-state index in [0.717, 1.165) is 0 Å². The van der Waals surface area contributed by atoms with E-state index in [1.54, 1.807) is 30.3 Å². The van der Waals surface area contributed by atoms with Crippen molar-refractivity contribution in [1.82, 2.24) is 10.0 Å². The van der Waals surface area contributed by atoms with Gasteiger partial charge >= 0.3 is 12.1 Å². The van der Waals surface area contributed by atoms with E-state index in [-0.39, 0.29) is 21.5 Å². The van der Waals surface area contributed by atoms with Crippen molar-refractivity contribution >= 4 is 45.3 Å². The molecule has 2 aromatic rings. The van der Waals surface area contributed by atoms with Gasteiger partial charge in [-0.2, -0.15) is 0 Å². The molecule has 0 bridgehead atoms. The SMILES string of the molecule is O=C(NC(CNS(=O)(=O)c1c(Cl)cccc1Cl)C(=O)O)OCc1ccccc1. The van der Waals surface area contributed by atoms with Crippen molar-refractivity contribution in [3.63, 3.8) is 0 Å². The zero-order valence-electron chi connectivity index (χ0n) is 14.3. The van der Waals surface area contributed by atoms with E-state index in [4.69, 9.17) is 27.9 Å². The Hall–Kier alpha value is -2.33. The summed E-state index contributed by atoms with van der Waals surface area (Å²) in [7, 11) is -4.21. The lowest BCUT2D eigenvalue weighted by Gasteiger charge is -2.16. The van der Waals surface area contributed by atoms with Gasteiger partial charge in [0.15, 0.2) is 0 Å². The Bertz CT molecular complexity index is 933. The Morgan fingerprint density at radius 3 is 2.21 bits per heavy atom. The molecule has 2 rings (SSSR count). The molecule has 0 aliphatic carbocycles. The average molecular weight is 447 g/mol. The smallest absolute Gasteiger partial charge is 0.408 e. The van der Waals surface area contributed by atoms with Crippen LogP contribution in [0.1, 0.15) is 5.56 Å². The number of carboxylic acids is 1. The fourth-order valence-corrected chi connectivity index (χ4v) is 4.30. The summed E-state index contributed by atoms with van der Waals surface area (Å²) in [5.41, 5.74) is 0.707. The second-order valence-electron chi connectivity index (χ2n) is 5.50. The number of rotatable bonds is 8. The highest BCUT2D eigenvalue weighted by Gasteiger charge is 2.26. The van der Waals surface area contributed by atoms with Crippen LogP contribution in [0, 0.1) is 0 Å². The molecule has 0 heterocycles. The highest BCUT2D eigenvalue weighted by atomic mass is 35.5. The van der Waals surface area contributed by atoms with Gasteiger partial charge in [0.25, 0.3) is 0 Å². The fraction of sp³-hybridized carbons (Fsp3) is 0.176. The molecule has 0 radical (unpaired) electrons. The zero-order valence-corrected chi connectivity index (χ0v) is 16.6. The number of hydrogen-bond donors (Lipinski definition) is 3. The van der Waals surface area contributed by atoms with Crippen LogP contribution in [0.2, 0.25) is 10.0 Å². The number of aliphatic carboxylic acids is 1. The topological polar surface area (TPSA) is 122 Å². The van der Waals surface area contributed by atoms with Gasteiger partial charge in [0.2, 0.25) is 10.0 Å². The van der Waals surface area contributed by atoms with Gasteiger partial charge in [-0.05, 0) is 17.7 Å². The fourth-order valence-electron chi connectivity index (χ4n) is 2.11. The van der Waals surface area contributed by atoms with Crippen molar-refractivity contribution in [2.45, 2.75) is 17.5 Å². The van der Waals surface area contributed by atoms with Gasteiger partial charge in [-0.15, -0.1) is 0 Å². The number of sulfonamides is 1. The summed E-state index contributed by atoms with van der Waals surface area (Å²) in [6.07, 6.45) is -1.01. The normalized spacial score (nSPS) is 12.2. The third kappa shape index (κ3) is 6.10. The van der Waals surface area contributed by atoms with Crippen LogP contribution >= 0.6 is 23.2 Å². The molecule has 0 fully saturated rings. The molecule has 28 heavy (non-hydrogen) atoms. The standard InChI is InChI=1S/C17H16Cl2N2O6S/c18-12-7-4-8-13(19)15(12)28(25,26)20-9-14(16(22)23)21-17(24)27-10-11-5-2-1-3-6-11/h1-8,14,20H,9-10H2,(H,21,24)(H,22,23). The Labute approximate surface area is 171 Å². The van der Waals surface area contributed by atoms with Crippen molar-refractivity contribution in [2.24, 2.45) is 0 Å². The molecule has 8 nitrogen and oxygen atoms in total. The van der Waals surface area contributed by atoms with Crippen molar-refractivity contribution in [2.75, 3.05) is 6.54 Å². The first-order chi connectivity index (χ1) is 13.2. The van der Waals surface area contributed by atoms with E-state index >= 15 is 0 Å². The molecule has 0 saturated heterocycles. The molecule has 0 spiro atoms. The van der Waals surface area contributed by atoms with Crippen LogP contribution in [0.4, 0.5) is 4.79 Å².